The number of benzene rings is 1. The maximum atomic E-state index is 4.03. The second kappa shape index (κ2) is 5.09. The summed E-state index contributed by atoms with van der Waals surface area (Å²) in [7, 11) is 0. The Morgan fingerprint density at radius 1 is 1.28 bits per heavy atom. The van der Waals surface area contributed by atoms with E-state index in [0.717, 1.165) is 12.5 Å². The predicted octanol–water partition coefficient (Wildman–Crippen LogP) is 3.61. The van der Waals surface area contributed by atoms with E-state index in [0.29, 0.717) is 5.92 Å². The summed E-state index contributed by atoms with van der Waals surface area (Å²) in [6.45, 7) is 6.41. The first-order valence-electron chi connectivity index (χ1n) is 7.16. The lowest BCUT2D eigenvalue weighted by atomic mass is 9.99. The molecule has 0 aromatic heterocycles. The van der Waals surface area contributed by atoms with Gasteiger partial charge in [0.15, 0.2) is 12.3 Å². The third-order valence-electron chi connectivity index (χ3n) is 4.54. The summed E-state index contributed by atoms with van der Waals surface area (Å²) in [6, 6.07) is 10.8. The predicted molar refractivity (Wildman–Crippen MR) is 76.3 cm³/mol. The van der Waals surface area contributed by atoms with Crippen molar-refractivity contribution >= 4 is 5.71 Å². The van der Waals surface area contributed by atoms with Gasteiger partial charge in [0.25, 0.3) is 0 Å². The molecule has 0 amide bonds. The van der Waals surface area contributed by atoms with Crippen LogP contribution in [0.4, 0.5) is 0 Å². The van der Waals surface area contributed by atoms with E-state index in [4.69, 9.17) is 0 Å². The molecular formula is C17H22N+. The summed E-state index contributed by atoms with van der Waals surface area (Å²) in [6.07, 6.45) is 7.66. The summed E-state index contributed by atoms with van der Waals surface area (Å²) in [5.41, 5.74) is 3.13. The molecule has 1 saturated carbocycles. The Morgan fingerprint density at radius 3 is 2.89 bits per heavy atom. The van der Waals surface area contributed by atoms with E-state index in [-0.39, 0.29) is 0 Å². The van der Waals surface area contributed by atoms with Gasteiger partial charge in [-0.3, -0.25) is 0 Å². The third kappa shape index (κ3) is 2.14. The van der Waals surface area contributed by atoms with Crippen LogP contribution in [-0.4, -0.2) is 23.4 Å². The Hall–Kier alpha value is -1.37. The molecule has 0 bridgehead atoms. The first-order chi connectivity index (χ1) is 8.88. The summed E-state index contributed by atoms with van der Waals surface area (Å²) in [4.78, 5) is 0. The topological polar surface area (TPSA) is 3.01 Å². The molecule has 0 radical (unpaired) electrons. The summed E-state index contributed by atoms with van der Waals surface area (Å²) >= 11 is 0. The first-order valence-corrected chi connectivity index (χ1v) is 7.16. The minimum atomic E-state index is 0.470. The van der Waals surface area contributed by atoms with Crippen molar-refractivity contribution in [2.24, 2.45) is 5.92 Å². The quantitative estimate of drug-likeness (QED) is 0.558. The standard InChI is InChI=1S/C17H22N/c1-2-14(15-7-4-3-5-8-15)13-18-12-11-16-9-6-10-17(16)18/h2-5,7-8,14,16H,1,6,9-13H2/q+1/t14-,16-/m0/s1. The van der Waals surface area contributed by atoms with Crippen LogP contribution in [0.3, 0.4) is 0 Å². The molecular weight excluding hydrogens is 218 g/mol. The van der Waals surface area contributed by atoms with E-state index in [9.17, 15) is 0 Å². The molecule has 0 N–H and O–H groups in total. The van der Waals surface area contributed by atoms with E-state index in [1.807, 2.05) is 0 Å². The monoisotopic (exact) mass is 240 g/mol. The van der Waals surface area contributed by atoms with E-state index in [1.165, 1.54) is 37.8 Å². The number of fused-ring (bicyclic) bond motifs is 1. The molecule has 3 rings (SSSR count). The summed E-state index contributed by atoms with van der Waals surface area (Å²) in [5.74, 6) is 1.38. The van der Waals surface area contributed by atoms with Gasteiger partial charge in [0.1, 0.15) is 6.54 Å². The molecule has 1 heteroatoms. The average Bonchev–Trinajstić information content (AvgIpc) is 3.01. The number of nitrogens with zero attached hydrogens (tertiary/aromatic N) is 1. The van der Waals surface area contributed by atoms with Crippen molar-refractivity contribution in [3.8, 4) is 0 Å². The average molecular weight is 240 g/mol. The largest absolute Gasteiger partial charge is 0.236 e. The van der Waals surface area contributed by atoms with Gasteiger partial charge in [0, 0.05) is 18.8 Å². The zero-order valence-corrected chi connectivity index (χ0v) is 11.0. The van der Waals surface area contributed by atoms with Gasteiger partial charge in [-0.05, 0) is 18.4 Å². The molecule has 2 aliphatic rings. The molecule has 94 valence electrons. The molecule has 1 aliphatic carbocycles. The molecule has 18 heavy (non-hydrogen) atoms. The number of rotatable bonds is 4. The fraction of sp³-hybridized carbons (Fsp3) is 0.471. The van der Waals surface area contributed by atoms with Gasteiger partial charge in [-0.2, -0.15) is 0 Å². The Labute approximate surface area is 110 Å². The molecule has 1 aliphatic heterocycles. The molecule has 1 aromatic carbocycles. The fourth-order valence-corrected chi connectivity index (χ4v) is 3.55. The minimum absolute atomic E-state index is 0.470. The van der Waals surface area contributed by atoms with Crippen molar-refractivity contribution in [3.05, 3.63) is 48.6 Å². The summed E-state index contributed by atoms with van der Waals surface area (Å²) < 4.78 is 2.64. The van der Waals surface area contributed by atoms with Gasteiger partial charge in [0.2, 0.25) is 0 Å². The molecule has 0 unspecified atom stereocenters. The maximum absolute atomic E-state index is 4.03. The highest BCUT2D eigenvalue weighted by atomic mass is 15.0. The van der Waals surface area contributed by atoms with E-state index >= 15 is 0 Å². The van der Waals surface area contributed by atoms with Crippen molar-refractivity contribution < 1.29 is 4.58 Å². The first kappa shape index (κ1) is 11.7. The van der Waals surface area contributed by atoms with Crippen LogP contribution < -0.4 is 0 Å². The van der Waals surface area contributed by atoms with E-state index in [2.05, 4.69) is 47.6 Å². The van der Waals surface area contributed by atoms with Crippen LogP contribution in [0.2, 0.25) is 0 Å². The smallest absolute Gasteiger partial charge is 0.155 e. The van der Waals surface area contributed by atoms with Crippen LogP contribution >= 0.6 is 0 Å². The molecule has 1 heterocycles. The third-order valence-corrected chi connectivity index (χ3v) is 4.54. The van der Waals surface area contributed by atoms with Crippen LogP contribution in [0.25, 0.3) is 0 Å². The maximum Gasteiger partial charge on any atom is 0.155 e. The van der Waals surface area contributed by atoms with Crippen molar-refractivity contribution in [3.63, 3.8) is 0 Å². The van der Waals surface area contributed by atoms with Crippen LogP contribution in [-0.2, 0) is 0 Å². The van der Waals surface area contributed by atoms with Crippen LogP contribution in [0.15, 0.2) is 43.0 Å². The Kier molecular flexibility index (Phi) is 3.31. The highest BCUT2D eigenvalue weighted by Gasteiger charge is 2.36. The molecule has 1 nitrogen and oxygen atoms in total. The lowest BCUT2D eigenvalue weighted by molar-refractivity contribution is -0.522. The zero-order valence-electron chi connectivity index (χ0n) is 11.0. The summed E-state index contributed by atoms with van der Waals surface area (Å²) in [5, 5.41) is 0. The van der Waals surface area contributed by atoms with Crippen molar-refractivity contribution in [1.29, 1.82) is 0 Å². The lowest BCUT2D eigenvalue weighted by Crippen LogP contribution is -2.21. The second-order valence-electron chi connectivity index (χ2n) is 5.57. The van der Waals surface area contributed by atoms with E-state index < -0.39 is 0 Å². The highest BCUT2D eigenvalue weighted by molar-refractivity contribution is 5.85. The van der Waals surface area contributed by atoms with Gasteiger partial charge >= 0.3 is 0 Å². The van der Waals surface area contributed by atoms with Gasteiger partial charge in [-0.1, -0.05) is 36.4 Å². The van der Waals surface area contributed by atoms with Crippen molar-refractivity contribution in [1.82, 2.24) is 0 Å². The molecule has 2 atom stereocenters. The van der Waals surface area contributed by atoms with Gasteiger partial charge in [0.05, 0.1) is 5.92 Å². The molecule has 0 saturated heterocycles. The molecule has 1 aromatic rings. The normalized spacial score (nSPS) is 24.1. The van der Waals surface area contributed by atoms with Gasteiger partial charge in [-0.25, -0.2) is 4.58 Å². The number of hydrogen-bond donors (Lipinski definition) is 0. The Morgan fingerprint density at radius 2 is 2.11 bits per heavy atom. The van der Waals surface area contributed by atoms with Crippen LogP contribution in [0, 0.1) is 5.92 Å². The zero-order chi connectivity index (χ0) is 12.4. The highest BCUT2D eigenvalue weighted by Crippen LogP contribution is 2.31. The second-order valence-corrected chi connectivity index (χ2v) is 5.57. The van der Waals surface area contributed by atoms with Crippen LogP contribution in [0.1, 0.15) is 37.2 Å². The Balaban J connectivity index is 1.79. The van der Waals surface area contributed by atoms with Crippen molar-refractivity contribution in [2.75, 3.05) is 13.1 Å². The van der Waals surface area contributed by atoms with Gasteiger partial charge in [-0.15, -0.1) is 6.58 Å². The lowest BCUT2D eigenvalue weighted by Gasteiger charge is -2.11. The Bertz CT molecular complexity index is 458. The molecule has 0 spiro atoms. The van der Waals surface area contributed by atoms with Crippen molar-refractivity contribution in [2.45, 2.75) is 31.6 Å². The van der Waals surface area contributed by atoms with Crippen LogP contribution in [0.5, 0.6) is 0 Å². The molecule has 1 fully saturated rings. The SMILES string of the molecule is C=C[C@@H](C[N+]1=C2CCC[C@H]2CC1)c1ccccc1. The minimum Gasteiger partial charge on any atom is -0.236 e. The van der Waals surface area contributed by atoms with Gasteiger partial charge < -0.3 is 0 Å². The fourth-order valence-electron chi connectivity index (χ4n) is 3.55. The van der Waals surface area contributed by atoms with E-state index in [1.54, 1.807) is 5.71 Å². The number of hydrogen-bond acceptors (Lipinski definition) is 0.